The maximum atomic E-state index is 6.15. The maximum absolute atomic E-state index is 6.15. The number of hydrogen-bond donors (Lipinski definition) is 1. The fraction of sp³-hybridized carbons (Fsp3) is 0.562. The van der Waals surface area contributed by atoms with Crippen LogP contribution in [0.3, 0.4) is 0 Å². The number of guanidine groups is 1. The van der Waals surface area contributed by atoms with Gasteiger partial charge in [0.25, 0.3) is 0 Å². The van der Waals surface area contributed by atoms with E-state index in [1.54, 1.807) is 0 Å². The topological polar surface area (TPSA) is 50.9 Å². The van der Waals surface area contributed by atoms with E-state index in [4.69, 9.17) is 10.5 Å². The molecule has 1 saturated carbocycles. The van der Waals surface area contributed by atoms with E-state index in [1.807, 2.05) is 0 Å². The van der Waals surface area contributed by atoms with Gasteiger partial charge in [0, 0.05) is 12.5 Å². The number of hydrogen-bond acceptors (Lipinski definition) is 4. The van der Waals surface area contributed by atoms with E-state index in [0.717, 1.165) is 31.3 Å². The van der Waals surface area contributed by atoms with Crippen LogP contribution in [0.25, 0.3) is 0 Å². The zero-order valence-corrected chi connectivity index (χ0v) is 11.7. The summed E-state index contributed by atoms with van der Waals surface area (Å²) in [6, 6.07) is 7.49. The van der Waals surface area contributed by atoms with Gasteiger partial charge in [-0.3, -0.25) is 4.99 Å². The average Bonchev–Trinajstić information content (AvgIpc) is 3.17. The number of fused-ring (bicyclic) bond motifs is 1. The Morgan fingerprint density at radius 1 is 1.25 bits per heavy atom. The first-order chi connectivity index (χ1) is 9.83. The molecule has 0 radical (unpaired) electrons. The van der Waals surface area contributed by atoms with E-state index in [-0.39, 0.29) is 0 Å². The highest BCUT2D eigenvalue weighted by Gasteiger charge is 2.35. The van der Waals surface area contributed by atoms with Crippen LogP contribution in [0, 0.1) is 0 Å². The van der Waals surface area contributed by atoms with Gasteiger partial charge < -0.3 is 15.4 Å². The Morgan fingerprint density at radius 3 is 2.95 bits per heavy atom. The van der Waals surface area contributed by atoms with Crippen LogP contribution in [0.4, 0.5) is 0 Å². The Balaban J connectivity index is 1.64. The van der Waals surface area contributed by atoms with Crippen LogP contribution >= 0.6 is 0 Å². The van der Waals surface area contributed by atoms with Crippen LogP contribution in [0.5, 0.6) is 5.75 Å². The van der Waals surface area contributed by atoms with Gasteiger partial charge in [-0.1, -0.05) is 18.9 Å². The Hall–Kier alpha value is -1.71. The zero-order chi connectivity index (χ0) is 13.5. The first-order valence-corrected chi connectivity index (χ1v) is 7.67. The van der Waals surface area contributed by atoms with Crippen LogP contribution in [0.15, 0.2) is 23.2 Å². The lowest BCUT2D eigenvalue weighted by Crippen LogP contribution is -2.42. The van der Waals surface area contributed by atoms with Gasteiger partial charge in [0.1, 0.15) is 5.75 Å². The maximum Gasteiger partial charge on any atom is 0.192 e. The summed E-state index contributed by atoms with van der Waals surface area (Å²) in [6.45, 7) is 1.61. The molecule has 0 spiro atoms. The molecular formula is C16H21N3O. The predicted molar refractivity (Wildman–Crippen MR) is 79.0 cm³/mol. The summed E-state index contributed by atoms with van der Waals surface area (Å²) in [7, 11) is 0. The van der Waals surface area contributed by atoms with Crippen molar-refractivity contribution in [3.05, 3.63) is 29.3 Å². The van der Waals surface area contributed by atoms with Crippen molar-refractivity contribution in [2.24, 2.45) is 10.7 Å². The molecule has 1 aromatic carbocycles. The Morgan fingerprint density at radius 2 is 2.10 bits per heavy atom. The minimum absolute atomic E-state index is 0.323. The van der Waals surface area contributed by atoms with E-state index < -0.39 is 0 Å². The summed E-state index contributed by atoms with van der Waals surface area (Å²) in [6.07, 6.45) is 6.16. The molecule has 2 N–H and O–H groups in total. The molecule has 0 aromatic heterocycles. The van der Waals surface area contributed by atoms with Gasteiger partial charge in [-0.15, -0.1) is 0 Å². The third kappa shape index (κ3) is 1.86. The van der Waals surface area contributed by atoms with E-state index in [2.05, 4.69) is 28.1 Å². The van der Waals surface area contributed by atoms with Crippen LogP contribution in [-0.2, 0) is 6.42 Å². The Labute approximate surface area is 119 Å². The summed E-state index contributed by atoms with van der Waals surface area (Å²) >= 11 is 0. The molecule has 0 bridgehead atoms. The first kappa shape index (κ1) is 12.1. The summed E-state index contributed by atoms with van der Waals surface area (Å²) in [4.78, 5) is 6.87. The van der Waals surface area contributed by atoms with Crippen molar-refractivity contribution in [3.8, 4) is 5.75 Å². The van der Waals surface area contributed by atoms with Crippen molar-refractivity contribution >= 4 is 5.96 Å². The second kappa shape index (κ2) is 4.69. The second-order valence-electron chi connectivity index (χ2n) is 6.03. The molecule has 2 heterocycles. The molecule has 0 amide bonds. The quantitative estimate of drug-likeness (QED) is 0.897. The highest BCUT2D eigenvalue weighted by atomic mass is 16.5. The highest BCUT2D eigenvalue weighted by Crippen LogP contribution is 2.36. The number of rotatable bonds is 2. The fourth-order valence-corrected chi connectivity index (χ4v) is 3.81. The lowest BCUT2D eigenvalue weighted by atomic mass is 10.0. The number of aliphatic imine (C=N–C) groups is 1. The molecule has 1 aromatic rings. The van der Waals surface area contributed by atoms with Gasteiger partial charge in [-0.2, -0.15) is 0 Å². The molecule has 2 aliphatic heterocycles. The van der Waals surface area contributed by atoms with Gasteiger partial charge in [0.05, 0.1) is 19.2 Å². The van der Waals surface area contributed by atoms with E-state index >= 15 is 0 Å². The van der Waals surface area contributed by atoms with Gasteiger partial charge >= 0.3 is 0 Å². The lowest BCUT2D eigenvalue weighted by molar-refractivity contribution is 0.262. The van der Waals surface area contributed by atoms with E-state index in [0.29, 0.717) is 12.1 Å². The molecule has 3 aliphatic rings. The third-order valence-electron chi connectivity index (χ3n) is 4.84. The minimum atomic E-state index is 0.323. The number of ether oxygens (including phenoxy) is 1. The van der Waals surface area contributed by atoms with E-state index in [1.165, 1.54) is 36.8 Å². The predicted octanol–water partition coefficient (Wildman–Crippen LogP) is 2.24. The van der Waals surface area contributed by atoms with Crippen molar-refractivity contribution < 1.29 is 4.74 Å². The standard InChI is InChI=1S/C16H21N3O/c17-16-18-10-14(19(16)13-3-1-2-4-13)11-5-6-15-12(9-11)7-8-20-15/h5-6,9,13-14H,1-4,7-8,10H2,(H2,17,18). The summed E-state index contributed by atoms with van der Waals surface area (Å²) in [5.74, 6) is 1.78. The van der Waals surface area contributed by atoms with Gasteiger partial charge in [-0.25, -0.2) is 0 Å². The molecule has 4 heteroatoms. The summed E-state index contributed by atoms with van der Waals surface area (Å²) < 4.78 is 5.60. The van der Waals surface area contributed by atoms with Gasteiger partial charge in [0.15, 0.2) is 5.96 Å². The molecule has 1 fully saturated rings. The molecule has 106 valence electrons. The fourth-order valence-electron chi connectivity index (χ4n) is 3.81. The lowest BCUT2D eigenvalue weighted by Gasteiger charge is -2.32. The second-order valence-corrected chi connectivity index (χ2v) is 6.03. The van der Waals surface area contributed by atoms with Crippen LogP contribution in [0.1, 0.15) is 42.9 Å². The van der Waals surface area contributed by atoms with E-state index in [9.17, 15) is 0 Å². The molecular weight excluding hydrogens is 250 g/mol. The van der Waals surface area contributed by atoms with Crippen LogP contribution in [0.2, 0.25) is 0 Å². The average molecular weight is 271 g/mol. The molecule has 1 atom stereocenters. The minimum Gasteiger partial charge on any atom is -0.493 e. The molecule has 0 saturated heterocycles. The molecule has 1 unspecified atom stereocenters. The molecule has 4 rings (SSSR count). The first-order valence-electron chi connectivity index (χ1n) is 7.67. The number of benzene rings is 1. The smallest absolute Gasteiger partial charge is 0.192 e. The van der Waals surface area contributed by atoms with Crippen molar-refractivity contribution in [1.82, 2.24) is 4.90 Å². The number of nitrogens with two attached hydrogens (primary N) is 1. The van der Waals surface area contributed by atoms with Gasteiger partial charge in [0.2, 0.25) is 0 Å². The Bertz CT molecular complexity index is 549. The molecule has 4 nitrogen and oxygen atoms in total. The van der Waals surface area contributed by atoms with Gasteiger partial charge in [-0.05, 0) is 36.1 Å². The monoisotopic (exact) mass is 271 g/mol. The third-order valence-corrected chi connectivity index (χ3v) is 4.84. The van der Waals surface area contributed by atoms with Crippen molar-refractivity contribution in [3.63, 3.8) is 0 Å². The number of nitrogens with zero attached hydrogens (tertiary/aromatic N) is 2. The Kier molecular flexibility index (Phi) is 2.83. The summed E-state index contributed by atoms with van der Waals surface area (Å²) in [5.41, 5.74) is 8.82. The zero-order valence-electron chi connectivity index (χ0n) is 11.7. The highest BCUT2D eigenvalue weighted by molar-refractivity contribution is 5.81. The molecule has 1 aliphatic carbocycles. The normalized spacial score (nSPS) is 25.7. The largest absolute Gasteiger partial charge is 0.493 e. The van der Waals surface area contributed by atoms with Crippen LogP contribution < -0.4 is 10.5 Å². The molecule has 20 heavy (non-hydrogen) atoms. The SMILES string of the molecule is NC1=NCC(c2ccc3c(c2)CCO3)N1C1CCCC1. The van der Waals surface area contributed by atoms with Crippen molar-refractivity contribution in [2.75, 3.05) is 13.2 Å². The summed E-state index contributed by atoms with van der Waals surface area (Å²) in [5, 5.41) is 0. The van der Waals surface area contributed by atoms with Crippen LogP contribution in [-0.4, -0.2) is 30.1 Å². The van der Waals surface area contributed by atoms with Crippen molar-refractivity contribution in [2.45, 2.75) is 44.2 Å². The van der Waals surface area contributed by atoms with Crippen molar-refractivity contribution in [1.29, 1.82) is 0 Å².